The second-order valence-electron chi connectivity index (χ2n) is 6.42. The van der Waals surface area contributed by atoms with E-state index in [1.165, 1.54) is 0 Å². The number of amides is 2. The molecule has 1 fully saturated rings. The highest BCUT2D eigenvalue weighted by molar-refractivity contribution is 5.99. The summed E-state index contributed by atoms with van der Waals surface area (Å²) in [6.07, 6.45) is 3.06. The lowest BCUT2D eigenvalue weighted by Gasteiger charge is -2.36. The van der Waals surface area contributed by atoms with Crippen LogP contribution in [-0.2, 0) is 9.59 Å². The monoisotopic (exact) mass is 353 g/mol. The summed E-state index contributed by atoms with van der Waals surface area (Å²) in [6, 6.07) is 11.3. The van der Waals surface area contributed by atoms with Gasteiger partial charge in [0.2, 0.25) is 5.91 Å². The molecule has 1 aromatic carbocycles. The van der Waals surface area contributed by atoms with Crippen molar-refractivity contribution in [3.63, 3.8) is 0 Å². The van der Waals surface area contributed by atoms with Crippen molar-refractivity contribution in [2.45, 2.75) is 12.5 Å². The Morgan fingerprint density at radius 3 is 2.62 bits per heavy atom. The predicted molar refractivity (Wildman–Crippen MR) is 95.9 cm³/mol. The van der Waals surface area contributed by atoms with Gasteiger partial charge in [-0.25, -0.2) is 4.98 Å². The summed E-state index contributed by atoms with van der Waals surface area (Å²) >= 11 is 0. The van der Waals surface area contributed by atoms with Crippen molar-refractivity contribution in [1.82, 2.24) is 4.90 Å². The smallest absolute Gasteiger partial charge is 0.266 e. The van der Waals surface area contributed by atoms with Crippen molar-refractivity contribution < 1.29 is 19.3 Å². The number of carbonyl (C=O) groups excluding carboxylic acids is 2. The van der Waals surface area contributed by atoms with Crippen LogP contribution in [0.5, 0.6) is 5.75 Å². The first kappa shape index (κ1) is 16.4. The average Bonchev–Trinajstić information content (AvgIpc) is 2.69. The molecule has 2 amide bonds. The van der Waals surface area contributed by atoms with Crippen LogP contribution >= 0.6 is 0 Å². The molecule has 0 saturated carbocycles. The zero-order chi connectivity index (χ0) is 17.9. The van der Waals surface area contributed by atoms with Crippen molar-refractivity contribution in [2.24, 2.45) is 0 Å². The van der Waals surface area contributed by atoms with E-state index in [-0.39, 0.29) is 18.2 Å². The molecule has 1 atom stereocenters. The molecule has 1 saturated heterocycles. The summed E-state index contributed by atoms with van der Waals surface area (Å²) < 4.78 is 5.72. The van der Waals surface area contributed by atoms with Gasteiger partial charge in [-0.15, -0.1) is 0 Å². The van der Waals surface area contributed by atoms with Gasteiger partial charge in [-0.1, -0.05) is 12.1 Å². The van der Waals surface area contributed by atoms with Gasteiger partial charge in [0.15, 0.2) is 18.5 Å². The third-order valence-corrected chi connectivity index (χ3v) is 4.76. The Morgan fingerprint density at radius 1 is 1.12 bits per heavy atom. The summed E-state index contributed by atoms with van der Waals surface area (Å²) in [7, 11) is 0. The van der Waals surface area contributed by atoms with Crippen molar-refractivity contribution in [1.29, 1.82) is 0 Å². The second kappa shape index (κ2) is 7.03. The van der Waals surface area contributed by atoms with Crippen molar-refractivity contribution in [3.05, 3.63) is 48.8 Å². The summed E-state index contributed by atoms with van der Waals surface area (Å²) in [5, 5.41) is 2.80. The topological polar surface area (TPSA) is 76.0 Å². The van der Waals surface area contributed by atoms with Gasteiger partial charge in [0, 0.05) is 44.0 Å². The molecule has 0 radical (unpaired) electrons. The Hall–Kier alpha value is -3.09. The lowest BCUT2D eigenvalue weighted by molar-refractivity contribution is -0.377. The molecule has 3 heterocycles. The van der Waals surface area contributed by atoms with E-state index in [0.29, 0.717) is 24.5 Å². The molecule has 2 aliphatic rings. The number of benzene rings is 1. The van der Waals surface area contributed by atoms with Gasteiger partial charge in [0.05, 0.1) is 12.1 Å². The number of para-hydroxylation sites is 2. The first-order valence-corrected chi connectivity index (χ1v) is 8.76. The first-order valence-electron chi connectivity index (χ1n) is 8.76. The molecule has 2 aliphatic heterocycles. The maximum atomic E-state index is 12.6. The molecule has 0 bridgehead atoms. The minimum absolute atomic E-state index is 0.0504. The molecule has 7 heteroatoms. The van der Waals surface area contributed by atoms with Gasteiger partial charge < -0.3 is 19.9 Å². The highest BCUT2D eigenvalue weighted by atomic mass is 16.5. The lowest BCUT2D eigenvalue weighted by atomic mass is 10.1. The summed E-state index contributed by atoms with van der Waals surface area (Å²) in [4.78, 5) is 31.9. The van der Waals surface area contributed by atoms with E-state index < -0.39 is 6.10 Å². The number of rotatable bonds is 3. The third kappa shape index (κ3) is 3.33. The number of pyridine rings is 1. The molecule has 26 heavy (non-hydrogen) atoms. The number of carbonyl (C=O) groups is 2. The van der Waals surface area contributed by atoms with Gasteiger partial charge in [-0.3, -0.25) is 9.59 Å². The highest BCUT2D eigenvalue weighted by Crippen LogP contribution is 2.29. The fraction of sp³-hybridized carbons (Fsp3) is 0.316. The zero-order valence-electron chi connectivity index (χ0n) is 14.4. The average molecular weight is 353 g/mol. The Kier molecular flexibility index (Phi) is 4.43. The number of ether oxygens (including phenoxy) is 1. The van der Waals surface area contributed by atoms with Gasteiger partial charge >= 0.3 is 0 Å². The standard InChI is InChI=1S/C19H20N4O3/c24-18(13-17-19(25)21-15-3-1-2-4-16(15)26-17)23-11-9-22(10-12-23)14-5-7-20-8-6-14/h1-8,17H,9-13H2,(H,21,25)/p+1/t17-/m0/s1. The summed E-state index contributed by atoms with van der Waals surface area (Å²) in [5.74, 6) is 0.289. The van der Waals surface area contributed by atoms with Crippen LogP contribution in [0.25, 0.3) is 0 Å². The molecule has 134 valence electrons. The number of aromatic amines is 1. The van der Waals surface area contributed by atoms with E-state index in [1.807, 2.05) is 41.6 Å². The number of piperazine rings is 1. The van der Waals surface area contributed by atoms with Gasteiger partial charge in [0.1, 0.15) is 5.75 Å². The Labute approximate surface area is 151 Å². The number of nitrogens with zero attached hydrogens (tertiary/aromatic N) is 2. The van der Waals surface area contributed by atoms with Crippen LogP contribution in [-0.4, -0.2) is 49.0 Å². The third-order valence-electron chi connectivity index (χ3n) is 4.76. The number of nitrogens with one attached hydrogen (secondary N) is 2. The molecule has 2 aromatic rings. The van der Waals surface area contributed by atoms with Crippen LogP contribution in [0.2, 0.25) is 0 Å². The maximum absolute atomic E-state index is 12.6. The molecule has 2 N–H and O–H groups in total. The van der Waals surface area contributed by atoms with Crippen molar-refractivity contribution in [2.75, 3.05) is 36.4 Å². The highest BCUT2D eigenvalue weighted by Gasteiger charge is 2.32. The normalized spacial score (nSPS) is 19.4. The fourth-order valence-corrected chi connectivity index (χ4v) is 3.32. The van der Waals surface area contributed by atoms with Gasteiger partial charge in [0.25, 0.3) is 5.91 Å². The minimum atomic E-state index is -0.778. The van der Waals surface area contributed by atoms with Crippen molar-refractivity contribution in [3.8, 4) is 5.75 Å². The molecular formula is C19H21N4O3+. The SMILES string of the molecule is O=C1Nc2ccccc2O[C@H]1CC(=O)N1CCN(c2cc[nH+]cc2)CC1. The lowest BCUT2D eigenvalue weighted by Crippen LogP contribution is -2.50. The largest absolute Gasteiger partial charge is 0.478 e. The number of hydrogen-bond acceptors (Lipinski definition) is 4. The fourth-order valence-electron chi connectivity index (χ4n) is 3.32. The van der Waals surface area contributed by atoms with Crippen LogP contribution in [0, 0.1) is 0 Å². The Balaban J connectivity index is 1.34. The van der Waals surface area contributed by atoms with E-state index in [0.717, 1.165) is 18.8 Å². The Morgan fingerprint density at radius 2 is 1.85 bits per heavy atom. The van der Waals surface area contributed by atoms with Gasteiger partial charge in [-0.05, 0) is 12.1 Å². The van der Waals surface area contributed by atoms with Crippen LogP contribution < -0.4 is 19.9 Å². The second-order valence-corrected chi connectivity index (χ2v) is 6.42. The van der Waals surface area contributed by atoms with Crippen LogP contribution in [0.3, 0.4) is 0 Å². The molecule has 0 aliphatic carbocycles. The van der Waals surface area contributed by atoms with E-state index in [9.17, 15) is 9.59 Å². The minimum Gasteiger partial charge on any atom is -0.478 e. The molecule has 0 spiro atoms. The van der Waals surface area contributed by atoms with Crippen LogP contribution in [0.1, 0.15) is 6.42 Å². The number of fused-ring (bicyclic) bond motifs is 1. The van der Waals surface area contributed by atoms with Crippen LogP contribution in [0.4, 0.5) is 11.4 Å². The number of anilines is 2. The maximum Gasteiger partial charge on any atom is 0.266 e. The van der Waals surface area contributed by atoms with Crippen molar-refractivity contribution >= 4 is 23.2 Å². The summed E-state index contributed by atoms with van der Waals surface area (Å²) in [5.41, 5.74) is 1.79. The zero-order valence-corrected chi connectivity index (χ0v) is 14.4. The molecule has 7 nitrogen and oxygen atoms in total. The Bertz CT molecular complexity index is 803. The molecular weight excluding hydrogens is 332 g/mol. The number of aromatic nitrogens is 1. The van der Waals surface area contributed by atoms with Crippen LogP contribution in [0.15, 0.2) is 48.8 Å². The quantitative estimate of drug-likeness (QED) is 0.891. The molecule has 4 rings (SSSR count). The predicted octanol–water partition coefficient (Wildman–Crippen LogP) is 0.939. The van der Waals surface area contributed by atoms with E-state index in [4.69, 9.17) is 4.74 Å². The first-order chi connectivity index (χ1) is 12.7. The summed E-state index contributed by atoms with van der Waals surface area (Å²) in [6.45, 7) is 2.83. The van der Waals surface area contributed by atoms with E-state index >= 15 is 0 Å². The number of hydrogen-bond donors (Lipinski definition) is 1. The number of H-pyrrole nitrogens is 1. The van der Waals surface area contributed by atoms with E-state index in [2.05, 4.69) is 15.2 Å². The van der Waals surface area contributed by atoms with Gasteiger partial charge in [-0.2, -0.15) is 0 Å². The van der Waals surface area contributed by atoms with E-state index in [1.54, 1.807) is 12.1 Å². The molecule has 1 aromatic heterocycles. The molecule has 0 unspecified atom stereocenters.